The maximum absolute atomic E-state index is 11.9. The molecule has 0 radical (unpaired) electrons. The van der Waals surface area contributed by atoms with Crippen molar-refractivity contribution in [3.8, 4) is 0 Å². The Morgan fingerprint density at radius 3 is 2.29 bits per heavy atom. The number of aromatic carboxylic acids is 1. The average molecular weight is 251 g/mol. The summed E-state index contributed by atoms with van der Waals surface area (Å²) in [6.45, 7) is 0. The molecule has 2 aromatic rings. The monoisotopic (exact) mass is 250 g/mol. The molecule has 86 valence electrons. The van der Waals surface area contributed by atoms with Crippen molar-refractivity contribution in [3.05, 3.63) is 58.5 Å². The molecule has 2 rings (SSSR count). The van der Waals surface area contributed by atoms with Gasteiger partial charge in [-0.3, -0.25) is 4.79 Å². The number of hydrogen-bond acceptors (Lipinski definition) is 3. The van der Waals surface area contributed by atoms with Gasteiger partial charge in [0.25, 0.3) is 0 Å². The number of ketones is 1. The molecule has 0 aliphatic carbocycles. The van der Waals surface area contributed by atoms with Gasteiger partial charge in [-0.25, -0.2) is 4.79 Å². The maximum Gasteiger partial charge on any atom is 0.371 e. The SMILES string of the molecule is O=C(O)c1ccc(C(=O)c2ccccc2Cl)o1. The van der Waals surface area contributed by atoms with E-state index < -0.39 is 11.8 Å². The van der Waals surface area contributed by atoms with Crippen LogP contribution in [0.15, 0.2) is 40.8 Å². The zero-order valence-corrected chi connectivity index (χ0v) is 9.27. The molecule has 5 heteroatoms. The first-order chi connectivity index (χ1) is 8.09. The molecule has 0 amide bonds. The van der Waals surface area contributed by atoms with E-state index in [9.17, 15) is 9.59 Å². The number of halogens is 1. The molecule has 0 aliphatic rings. The zero-order chi connectivity index (χ0) is 12.4. The Bertz CT molecular complexity index is 586. The first-order valence-electron chi connectivity index (χ1n) is 4.72. The summed E-state index contributed by atoms with van der Waals surface area (Å²) < 4.78 is 4.91. The zero-order valence-electron chi connectivity index (χ0n) is 8.51. The summed E-state index contributed by atoms with van der Waals surface area (Å²) in [5, 5.41) is 8.97. The van der Waals surface area contributed by atoms with Crippen LogP contribution < -0.4 is 0 Å². The molecule has 4 nitrogen and oxygen atoms in total. The van der Waals surface area contributed by atoms with Gasteiger partial charge in [-0.1, -0.05) is 23.7 Å². The first kappa shape index (κ1) is 11.4. The molecule has 0 saturated carbocycles. The van der Waals surface area contributed by atoms with Crippen LogP contribution in [0.3, 0.4) is 0 Å². The van der Waals surface area contributed by atoms with Gasteiger partial charge in [-0.15, -0.1) is 0 Å². The van der Waals surface area contributed by atoms with Gasteiger partial charge < -0.3 is 9.52 Å². The molecule has 0 bridgehead atoms. The molecule has 0 fully saturated rings. The van der Waals surface area contributed by atoms with Crippen molar-refractivity contribution in [3.63, 3.8) is 0 Å². The van der Waals surface area contributed by atoms with Gasteiger partial charge in [-0.2, -0.15) is 0 Å². The Labute approximate surface area is 101 Å². The second-order valence-corrected chi connectivity index (χ2v) is 3.69. The molecule has 0 aliphatic heterocycles. The Morgan fingerprint density at radius 2 is 1.71 bits per heavy atom. The Morgan fingerprint density at radius 1 is 1.06 bits per heavy atom. The predicted octanol–water partition coefficient (Wildman–Crippen LogP) is 2.86. The van der Waals surface area contributed by atoms with Crippen molar-refractivity contribution in [2.24, 2.45) is 0 Å². The lowest BCUT2D eigenvalue weighted by Crippen LogP contribution is -2.00. The van der Waals surface area contributed by atoms with Crippen LogP contribution in [-0.2, 0) is 0 Å². The standard InChI is InChI=1S/C12H7ClO4/c13-8-4-2-1-3-7(8)11(14)9-5-6-10(17-9)12(15)16/h1-6H,(H,15,16). The third kappa shape index (κ3) is 2.21. The van der Waals surface area contributed by atoms with Crippen LogP contribution in [0.2, 0.25) is 5.02 Å². The highest BCUT2D eigenvalue weighted by Crippen LogP contribution is 2.20. The molecule has 1 heterocycles. The summed E-state index contributed by atoms with van der Waals surface area (Å²) >= 11 is 5.86. The molecule has 0 spiro atoms. The van der Waals surface area contributed by atoms with E-state index in [4.69, 9.17) is 21.1 Å². The number of furan rings is 1. The molecular weight excluding hydrogens is 244 g/mol. The van der Waals surface area contributed by atoms with Crippen LogP contribution in [0.25, 0.3) is 0 Å². The quantitative estimate of drug-likeness (QED) is 0.851. The number of carboxylic acids is 1. The summed E-state index contributed by atoms with van der Waals surface area (Å²) in [6.07, 6.45) is 0. The van der Waals surface area contributed by atoms with Gasteiger partial charge in [0, 0.05) is 5.56 Å². The number of hydrogen-bond donors (Lipinski definition) is 1. The Hall–Kier alpha value is -2.07. The van der Waals surface area contributed by atoms with Crippen LogP contribution in [-0.4, -0.2) is 16.9 Å². The largest absolute Gasteiger partial charge is 0.475 e. The third-order valence-corrected chi connectivity index (χ3v) is 2.49. The van der Waals surface area contributed by atoms with Gasteiger partial charge in [-0.05, 0) is 24.3 Å². The van der Waals surface area contributed by atoms with E-state index in [1.54, 1.807) is 24.3 Å². The van der Waals surface area contributed by atoms with Gasteiger partial charge in [0.05, 0.1) is 5.02 Å². The molecule has 0 atom stereocenters. The van der Waals surface area contributed by atoms with Crippen molar-refractivity contribution in [2.75, 3.05) is 0 Å². The van der Waals surface area contributed by atoms with E-state index in [2.05, 4.69) is 0 Å². The smallest absolute Gasteiger partial charge is 0.371 e. The van der Waals surface area contributed by atoms with E-state index in [1.807, 2.05) is 0 Å². The summed E-state index contributed by atoms with van der Waals surface area (Å²) in [7, 11) is 0. The number of carboxylic acid groups (broad SMARTS) is 1. The number of carbonyl (C=O) groups excluding carboxylic acids is 1. The van der Waals surface area contributed by atoms with Crippen LogP contribution in [0.1, 0.15) is 26.7 Å². The predicted molar refractivity (Wildman–Crippen MR) is 60.6 cm³/mol. The molecule has 0 unspecified atom stereocenters. The van der Waals surface area contributed by atoms with Crippen LogP contribution >= 0.6 is 11.6 Å². The fourth-order valence-electron chi connectivity index (χ4n) is 1.35. The lowest BCUT2D eigenvalue weighted by molar-refractivity contribution is 0.0660. The van der Waals surface area contributed by atoms with E-state index in [1.165, 1.54) is 12.1 Å². The highest BCUT2D eigenvalue weighted by Gasteiger charge is 2.18. The van der Waals surface area contributed by atoms with Crippen molar-refractivity contribution >= 4 is 23.4 Å². The topological polar surface area (TPSA) is 67.5 Å². The normalized spacial score (nSPS) is 10.2. The van der Waals surface area contributed by atoms with Crippen molar-refractivity contribution < 1.29 is 19.1 Å². The minimum Gasteiger partial charge on any atom is -0.475 e. The summed E-state index contributed by atoms with van der Waals surface area (Å²) in [5.41, 5.74) is 0.278. The van der Waals surface area contributed by atoms with E-state index in [-0.39, 0.29) is 17.1 Å². The maximum atomic E-state index is 11.9. The van der Waals surface area contributed by atoms with E-state index in [0.717, 1.165) is 0 Å². The summed E-state index contributed by atoms with van der Waals surface area (Å²) in [5.74, 6) is -1.98. The van der Waals surface area contributed by atoms with E-state index in [0.29, 0.717) is 5.02 Å². The third-order valence-electron chi connectivity index (χ3n) is 2.16. The molecule has 0 saturated heterocycles. The van der Waals surface area contributed by atoms with Gasteiger partial charge in [0.15, 0.2) is 5.76 Å². The van der Waals surface area contributed by atoms with Crippen molar-refractivity contribution in [1.29, 1.82) is 0 Å². The second kappa shape index (κ2) is 4.43. The van der Waals surface area contributed by atoms with Gasteiger partial charge in [0.2, 0.25) is 11.5 Å². The Kier molecular flexibility index (Phi) is 2.97. The molecule has 1 aromatic carbocycles. The first-order valence-corrected chi connectivity index (χ1v) is 5.10. The number of benzene rings is 1. The highest BCUT2D eigenvalue weighted by atomic mass is 35.5. The average Bonchev–Trinajstić information content (AvgIpc) is 2.78. The highest BCUT2D eigenvalue weighted by molar-refractivity contribution is 6.34. The van der Waals surface area contributed by atoms with Crippen molar-refractivity contribution in [1.82, 2.24) is 0 Å². The van der Waals surface area contributed by atoms with Gasteiger partial charge in [0.1, 0.15) is 0 Å². The minimum absolute atomic E-state index is 0.0458. The fourth-order valence-corrected chi connectivity index (χ4v) is 1.57. The molecule has 1 aromatic heterocycles. The molecular formula is C12H7ClO4. The Balaban J connectivity index is 2.37. The summed E-state index contributed by atoms with van der Waals surface area (Å²) in [6, 6.07) is 9.04. The lowest BCUT2D eigenvalue weighted by Gasteiger charge is -1.99. The fraction of sp³-hybridized carbons (Fsp3) is 0. The number of rotatable bonds is 3. The van der Waals surface area contributed by atoms with Crippen LogP contribution in [0.4, 0.5) is 0 Å². The molecule has 17 heavy (non-hydrogen) atoms. The second-order valence-electron chi connectivity index (χ2n) is 3.28. The minimum atomic E-state index is -1.22. The molecule has 1 N–H and O–H groups in total. The number of carbonyl (C=O) groups is 2. The van der Waals surface area contributed by atoms with Crippen molar-refractivity contribution in [2.45, 2.75) is 0 Å². The van der Waals surface area contributed by atoms with Crippen LogP contribution in [0, 0.1) is 0 Å². The van der Waals surface area contributed by atoms with Crippen LogP contribution in [0.5, 0.6) is 0 Å². The summed E-state index contributed by atoms with van der Waals surface area (Å²) in [4.78, 5) is 22.5. The lowest BCUT2D eigenvalue weighted by atomic mass is 10.1. The van der Waals surface area contributed by atoms with E-state index >= 15 is 0 Å². The van der Waals surface area contributed by atoms with Gasteiger partial charge >= 0.3 is 5.97 Å².